The van der Waals surface area contributed by atoms with Crippen molar-refractivity contribution in [2.24, 2.45) is 0 Å². The second-order valence-electron chi connectivity index (χ2n) is 3.86. The molecule has 100 valence electrons. The summed E-state index contributed by atoms with van der Waals surface area (Å²) in [6, 6.07) is 5.12. The number of sulfone groups is 1. The number of Topliss-reactive ketones (excluding diaryl/α,β-unsaturated/α-hetero) is 1. The van der Waals surface area contributed by atoms with Crippen molar-refractivity contribution in [3.05, 3.63) is 33.3 Å². The standard InChI is InChI=1S/C12H14BrClO3S/c1-2-18(16,17)8-4-7-11(15)9-5-3-6-10(13)12(9)14/h3,5-6H,2,4,7-8H2,1H3. The monoisotopic (exact) mass is 352 g/mol. The quantitative estimate of drug-likeness (QED) is 0.735. The lowest BCUT2D eigenvalue weighted by molar-refractivity contribution is 0.0982. The Balaban J connectivity index is 2.64. The molecule has 0 bridgehead atoms. The Morgan fingerprint density at radius 3 is 2.67 bits per heavy atom. The smallest absolute Gasteiger partial charge is 0.164 e. The molecule has 0 saturated carbocycles. The molecule has 0 aliphatic carbocycles. The van der Waals surface area contributed by atoms with Gasteiger partial charge in [0.2, 0.25) is 0 Å². The van der Waals surface area contributed by atoms with Crippen LogP contribution >= 0.6 is 27.5 Å². The number of carbonyl (C=O) groups is 1. The fourth-order valence-electron chi connectivity index (χ4n) is 1.45. The minimum Gasteiger partial charge on any atom is -0.294 e. The minimum absolute atomic E-state index is 0.0425. The number of rotatable bonds is 6. The van der Waals surface area contributed by atoms with E-state index in [2.05, 4.69) is 15.9 Å². The van der Waals surface area contributed by atoms with Gasteiger partial charge < -0.3 is 0 Å². The summed E-state index contributed by atoms with van der Waals surface area (Å²) in [6.45, 7) is 1.60. The molecule has 0 saturated heterocycles. The highest BCUT2D eigenvalue weighted by Gasteiger charge is 2.14. The molecule has 0 heterocycles. The fourth-order valence-corrected chi connectivity index (χ4v) is 2.92. The van der Waals surface area contributed by atoms with E-state index in [1.54, 1.807) is 25.1 Å². The van der Waals surface area contributed by atoms with Crippen molar-refractivity contribution in [1.29, 1.82) is 0 Å². The van der Waals surface area contributed by atoms with E-state index in [0.717, 1.165) is 0 Å². The molecule has 1 rings (SSSR count). The van der Waals surface area contributed by atoms with E-state index in [-0.39, 0.29) is 23.7 Å². The van der Waals surface area contributed by atoms with Crippen LogP contribution in [0.5, 0.6) is 0 Å². The first kappa shape index (κ1) is 15.7. The molecule has 0 spiro atoms. The average Bonchev–Trinajstić information content (AvgIpc) is 2.32. The lowest BCUT2D eigenvalue weighted by atomic mass is 10.1. The van der Waals surface area contributed by atoms with Gasteiger partial charge in [-0.1, -0.05) is 24.6 Å². The Hall–Kier alpha value is -0.390. The van der Waals surface area contributed by atoms with Crippen LogP contribution in [-0.4, -0.2) is 25.7 Å². The molecule has 0 N–H and O–H groups in total. The van der Waals surface area contributed by atoms with Gasteiger partial charge in [-0.3, -0.25) is 4.79 Å². The van der Waals surface area contributed by atoms with E-state index in [0.29, 0.717) is 21.5 Å². The van der Waals surface area contributed by atoms with Gasteiger partial charge >= 0.3 is 0 Å². The summed E-state index contributed by atoms with van der Waals surface area (Å²) < 4.78 is 23.3. The van der Waals surface area contributed by atoms with E-state index in [1.807, 2.05) is 0 Å². The Morgan fingerprint density at radius 2 is 2.06 bits per heavy atom. The zero-order valence-electron chi connectivity index (χ0n) is 9.95. The fraction of sp³-hybridized carbons (Fsp3) is 0.417. The SMILES string of the molecule is CCS(=O)(=O)CCCC(=O)c1cccc(Br)c1Cl. The molecule has 1 aromatic rings. The van der Waals surface area contributed by atoms with Crippen LogP contribution in [-0.2, 0) is 9.84 Å². The van der Waals surface area contributed by atoms with E-state index >= 15 is 0 Å². The maximum Gasteiger partial charge on any atom is 0.164 e. The minimum atomic E-state index is -3.01. The molecule has 0 atom stereocenters. The van der Waals surface area contributed by atoms with E-state index < -0.39 is 9.84 Å². The summed E-state index contributed by atoms with van der Waals surface area (Å²) in [7, 11) is -3.01. The van der Waals surface area contributed by atoms with Crippen molar-refractivity contribution in [3.8, 4) is 0 Å². The van der Waals surface area contributed by atoms with Crippen molar-refractivity contribution in [3.63, 3.8) is 0 Å². The third kappa shape index (κ3) is 4.37. The Kier molecular flexibility index (Phi) is 5.82. The number of hydrogen-bond donors (Lipinski definition) is 0. The van der Waals surface area contributed by atoms with Crippen LogP contribution in [0.4, 0.5) is 0 Å². The third-order valence-corrected chi connectivity index (χ3v) is 5.64. The second-order valence-corrected chi connectivity index (χ2v) is 7.57. The third-order valence-electron chi connectivity index (χ3n) is 2.55. The molecule has 6 heteroatoms. The van der Waals surface area contributed by atoms with Gasteiger partial charge in [0.25, 0.3) is 0 Å². The zero-order chi connectivity index (χ0) is 13.8. The molecule has 0 aliphatic rings. The number of carbonyl (C=O) groups excluding carboxylic acids is 1. The van der Waals surface area contributed by atoms with E-state index in [4.69, 9.17) is 11.6 Å². The average molecular weight is 354 g/mol. The van der Waals surface area contributed by atoms with Gasteiger partial charge in [0, 0.05) is 22.2 Å². The van der Waals surface area contributed by atoms with Crippen LogP contribution in [0, 0.1) is 0 Å². The van der Waals surface area contributed by atoms with E-state index in [1.165, 1.54) is 0 Å². The van der Waals surface area contributed by atoms with Crippen molar-refractivity contribution in [1.82, 2.24) is 0 Å². The summed E-state index contributed by atoms with van der Waals surface area (Å²) in [4.78, 5) is 11.9. The second kappa shape index (κ2) is 6.68. The molecule has 0 radical (unpaired) electrons. The molecule has 1 aromatic carbocycles. The van der Waals surface area contributed by atoms with Crippen LogP contribution in [0.25, 0.3) is 0 Å². The lowest BCUT2D eigenvalue weighted by Crippen LogP contribution is -2.10. The van der Waals surface area contributed by atoms with Crippen LogP contribution in [0.1, 0.15) is 30.1 Å². The van der Waals surface area contributed by atoms with Crippen molar-refractivity contribution >= 4 is 43.2 Å². The highest BCUT2D eigenvalue weighted by atomic mass is 79.9. The Morgan fingerprint density at radius 1 is 1.39 bits per heavy atom. The van der Waals surface area contributed by atoms with Gasteiger partial charge in [0.1, 0.15) is 9.84 Å². The largest absolute Gasteiger partial charge is 0.294 e. The zero-order valence-corrected chi connectivity index (χ0v) is 13.1. The Labute approximate surface area is 121 Å². The van der Waals surface area contributed by atoms with Crippen LogP contribution in [0.3, 0.4) is 0 Å². The highest BCUT2D eigenvalue weighted by molar-refractivity contribution is 9.10. The molecule has 0 unspecified atom stereocenters. The summed E-state index contributed by atoms with van der Waals surface area (Å²) >= 11 is 9.24. The molecule has 0 aliphatic heterocycles. The predicted octanol–water partition coefficient (Wildman–Crippen LogP) is 3.50. The summed E-state index contributed by atoms with van der Waals surface area (Å²) in [5, 5.41) is 0.376. The van der Waals surface area contributed by atoms with Crippen molar-refractivity contribution in [2.45, 2.75) is 19.8 Å². The van der Waals surface area contributed by atoms with Crippen LogP contribution in [0.15, 0.2) is 22.7 Å². The molecule has 0 amide bonds. The normalized spacial score (nSPS) is 11.5. The van der Waals surface area contributed by atoms with Crippen LogP contribution < -0.4 is 0 Å². The topological polar surface area (TPSA) is 51.2 Å². The first-order valence-electron chi connectivity index (χ1n) is 5.55. The number of benzene rings is 1. The van der Waals surface area contributed by atoms with Gasteiger partial charge in [-0.25, -0.2) is 8.42 Å². The summed E-state index contributed by atoms with van der Waals surface area (Å²) in [5.41, 5.74) is 0.430. The van der Waals surface area contributed by atoms with Gasteiger partial charge in [0.05, 0.1) is 10.8 Å². The molecule has 3 nitrogen and oxygen atoms in total. The van der Waals surface area contributed by atoms with Crippen molar-refractivity contribution < 1.29 is 13.2 Å². The maximum atomic E-state index is 11.9. The van der Waals surface area contributed by atoms with Gasteiger partial charge in [0.15, 0.2) is 5.78 Å². The summed E-state index contributed by atoms with van der Waals surface area (Å²) in [5.74, 6) is 0.0206. The molecule has 0 aromatic heterocycles. The number of hydrogen-bond acceptors (Lipinski definition) is 3. The predicted molar refractivity (Wildman–Crippen MR) is 77.0 cm³/mol. The van der Waals surface area contributed by atoms with Crippen LogP contribution in [0.2, 0.25) is 5.02 Å². The maximum absolute atomic E-state index is 11.9. The number of halogens is 2. The van der Waals surface area contributed by atoms with E-state index in [9.17, 15) is 13.2 Å². The molecular weight excluding hydrogens is 340 g/mol. The van der Waals surface area contributed by atoms with Gasteiger partial charge in [-0.2, -0.15) is 0 Å². The lowest BCUT2D eigenvalue weighted by Gasteiger charge is -2.05. The molecule has 0 fully saturated rings. The highest BCUT2D eigenvalue weighted by Crippen LogP contribution is 2.27. The number of ketones is 1. The first-order valence-corrected chi connectivity index (χ1v) is 8.54. The van der Waals surface area contributed by atoms with Gasteiger partial charge in [-0.15, -0.1) is 0 Å². The Bertz CT molecular complexity index is 540. The first-order chi connectivity index (χ1) is 8.37. The summed E-state index contributed by atoms with van der Waals surface area (Å²) in [6.07, 6.45) is 0.521. The molecule has 18 heavy (non-hydrogen) atoms. The van der Waals surface area contributed by atoms with Crippen molar-refractivity contribution in [2.75, 3.05) is 11.5 Å². The molecular formula is C12H14BrClO3S. The van der Waals surface area contributed by atoms with Gasteiger partial charge in [-0.05, 0) is 34.5 Å².